The first-order valence-corrected chi connectivity index (χ1v) is 21.7. The van der Waals surface area contributed by atoms with Gasteiger partial charge in [0.25, 0.3) is 0 Å². The second kappa shape index (κ2) is 39.4. The molecule has 0 aliphatic heterocycles. The highest BCUT2D eigenvalue weighted by atomic mass is 31.2. The number of carbonyl (C=O) groups is 2. The van der Waals surface area contributed by atoms with Crippen LogP contribution in [0.5, 0.6) is 0 Å². The fourth-order valence-corrected chi connectivity index (χ4v) is 5.12. The van der Waals surface area contributed by atoms with Crippen molar-refractivity contribution in [3.63, 3.8) is 0 Å². The van der Waals surface area contributed by atoms with Gasteiger partial charge in [0.15, 0.2) is 6.10 Å². The lowest BCUT2D eigenvalue weighted by molar-refractivity contribution is -0.161. The van der Waals surface area contributed by atoms with E-state index in [-0.39, 0.29) is 19.4 Å². The van der Waals surface area contributed by atoms with Crippen LogP contribution in [0.3, 0.4) is 0 Å². The summed E-state index contributed by atoms with van der Waals surface area (Å²) in [5.74, 6) is -1.03. The number of carbonyl (C=O) groups excluding carboxylic acids is 2. The van der Waals surface area contributed by atoms with Crippen molar-refractivity contribution in [1.82, 2.24) is 0 Å². The molecule has 54 heavy (non-hydrogen) atoms. The fourth-order valence-electron chi connectivity index (χ4n) is 4.76. The fraction of sp³-hybridized carbons (Fsp3) is 0.556. The van der Waals surface area contributed by atoms with Gasteiger partial charge in [0.05, 0.1) is 6.61 Å². The van der Waals surface area contributed by atoms with Crippen molar-refractivity contribution in [2.75, 3.05) is 13.2 Å². The first kappa shape index (κ1) is 50.7. The number of allylic oxidation sites excluding steroid dienone is 18. The van der Waals surface area contributed by atoms with Gasteiger partial charge >= 0.3 is 19.8 Å². The van der Waals surface area contributed by atoms with E-state index in [1.54, 1.807) is 0 Å². The third-order valence-electron chi connectivity index (χ3n) is 7.76. The number of phosphoric ester groups is 1. The Morgan fingerprint density at radius 3 is 1.35 bits per heavy atom. The lowest BCUT2D eigenvalue weighted by atomic mass is 10.1. The molecule has 1 atom stereocenters. The Labute approximate surface area is 327 Å². The predicted octanol–water partition coefficient (Wildman–Crippen LogP) is 12.4. The number of unbranched alkanes of at least 4 members (excludes halogenated alkanes) is 7. The molecule has 9 heteroatoms. The minimum absolute atomic E-state index is 0.0742. The van der Waals surface area contributed by atoms with Gasteiger partial charge in [-0.25, -0.2) is 4.57 Å². The smallest absolute Gasteiger partial charge is 0.462 e. The molecule has 0 bridgehead atoms. The van der Waals surface area contributed by atoms with E-state index in [2.05, 4.69) is 116 Å². The van der Waals surface area contributed by atoms with E-state index in [9.17, 15) is 14.2 Å². The van der Waals surface area contributed by atoms with Crippen molar-refractivity contribution in [1.29, 1.82) is 0 Å². The molecule has 0 saturated heterocycles. The minimum Gasteiger partial charge on any atom is -0.462 e. The van der Waals surface area contributed by atoms with Crippen LogP contribution in [0, 0.1) is 0 Å². The molecule has 0 aromatic carbocycles. The van der Waals surface area contributed by atoms with Crippen molar-refractivity contribution in [2.24, 2.45) is 0 Å². The van der Waals surface area contributed by atoms with E-state index in [0.717, 1.165) is 70.6 Å². The Bertz CT molecular complexity index is 1230. The highest BCUT2D eigenvalue weighted by Gasteiger charge is 2.22. The molecule has 8 nitrogen and oxygen atoms in total. The summed E-state index contributed by atoms with van der Waals surface area (Å²) in [5.41, 5.74) is 0. The van der Waals surface area contributed by atoms with Gasteiger partial charge in [-0.05, 0) is 89.9 Å². The minimum atomic E-state index is -4.79. The van der Waals surface area contributed by atoms with E-state index in [4.69, 9.17) is 19.3 Å². The summed E-state index contributed by atoms with van der Waals surface area (Å²) < 4.78 is 26.2. The first-order chi connectivity index (χ1) is 26.3. The van der Waals surface area contributed by atoms with Crippen LogP contribution < -0.4 is 0 Å². The second-order valence-electron chi connectivity index (χ2n) is 12.9. The molecule has 0 aliphatic rings. The van der Waals surface area contributed by atoms with Crippen LogP contribution in [0.4, 0.5) is 0 Å². The first-order valence-electron chi connectivity index (χ1n) is 20.2. The zero-order valence-corrected chi connectivity index (χ0v) is 34.2. The molecule has 0 radical (unpaired) electrons. The zero-order chi connectivity index (χ0) is 39.6. The summed E-state index contributed by atoms with van der Waals surface area (Å²) in [6.45, 7) is 3.48. The molecule has 0 aromatic rings. The molecule has 0 fully saturated rings. The van der Waals surface area contributed by atoms with Crippen LogP contribution >= 0.6 is 7.82 Å². The van der Waals surface area contributed by atoms with Crippen LogP contribution in [0.2, 0.25) is 0 Å². The molecule has 0 unspecified atom stereocenters. The third kappa shape index (κ3) is 41.5. The molecule has 2 N–H and O–H groups in total. The number of esters is 2. The van der Waals surface area contributed by atoms with E-state index in [0.29, 0.717) is 12.8 Å². The number of rotatable bonds is 35. The van der Waals surface area contributed by atoms with E-state index in [1.807, 2.05) is 12.2 Å². The molecule has 0 saturated carbocycles. The maximum absolute atomic E-state index is 12.4. The standard InChI is InChI=1S/C45H71O8P/c1-3-5-7-9-11-13-15-17-19-21-22-24-26-28-30-32-34-36-38-40-45(47)53-43(42-52-54(48,49)50)41-51-44(46)39-37-35-33-31-29-27-25-23-20-18-16-14-12-10-8-6-4-2/h8,10-11,13-14,16-17,19-20,22-24,27-30,34,36,43H,3-7,9,12,15,18,21,25-26,31-33,35,37-42H2,1-2H3,(H2,48,49,50)/b10-8+,13-11+,16-14+,19-17+,23-20+,24-22+,29-27+,30-28+,36-34+/t43-/m1/s1. The number of hydrogen-bond acceptors (Lipinski definition) is 6. The van der Waals surface area contributed by atoms with Crippen LogP contribution in [0.15, 0.2) is 109 Å². The van der Waals surface area contributed by atoms with Gasteiger partial charge in [-0.15, -0.1) is 0 Å². The van der Waals surface area contributed by atoms with E-state index in [1.165, 1.54) is 32.1 Å². The average Bonchev–Trinajstić information content (AvgIpc) is 3.14. The predicted molar refractivity (Wildman–Crippen MR) is 225 cm³/mol. The second-order valence-corrected chi connectivity index (χ2v) is 14.1. The van der Waals surface area contributed by atoms with Crippen LogP contribution in [-0.2, 0) is 28.2 Å². The van der Waals surface area contributed by atoms with Crippen molar-refractivity contribution in [3.8, 4) is 0 Å². The Balaban J connectivity index is 4.17. The Kier molecular flexibility index (Phi) is 37.0. The number of hydrogen-bond donors (Lipinski definition) is 2. The highest BCUT2D eigenvalue weighted by Crippen LogP contribution is 2.35. The van der Waals surface area contributed by atoms with Gasteiger partial charge in [-0.1, -0.05) is 149 Å². The van der Waals surface area contributed by atoms with E-state index >= 15 is 0 Å². The average molecular weight is 771 g/mol. The number of phosphoric acid groups is 1. The summed E-state index contributed by atoms with van der Waals surface area (Å²) in [6, 6.07) is 0. The molecule has 0 amide bonds. The zero-order valence-electron chi connectivity index (χ0n) is 33.3. The maximum atomic E-state index is 12.4. The monoisotopic (exact) mass is 770 g/mol. The summed E-state index contributed by atoms with van der Waals surface area (Å²) in [6.07, 6.45) is 55.3. The molecule has 0 aliphatic carbocycles. The van der Waals surface area contributed by atoms with Gasteiger partial charge in [-0.3, -0.25) is 14.1 Å². The van der Waals surface area contributed by atoms with Crippen LogP contribution in [0.25, 0.3) is 0 Å². The summed E-state index contributed by atoms with van der Waals surface area (Å²) in [5, 5.41) is 0. The van der Waals surface area contributed by atoms with E-state index < -0.39 is 32.5 Å². The Morgan fingerprint density at radius 1 is 0.481 bits per heavy atom. The third-order valence-corrected chi connectivity index (χ3v) is 8.24. The molecular formula is C45H71O8P. The van der Waals surface area contributed by atoms with Crippen LogP contribution in [0.1, 0.15) is 142 Å². The Morgan fingerprint density at radius 2 is 0.907 bits per heavy atom. The lowest BCUT2D eigenvalue weighted by Crippen LogP contribution is -2.29. The van der Waals surface area contributed by atoms with Gasteiger partial charge in [0.2, 0.25) is 0 Å². The van der Waals surface area contributed by atoms with Crippen molar-refractivity contribution < 1.29 is 37.9 Å². The van der Waals surface area contributed by atoms with Crippen molar-refractivity contribution >= 4 is 19.8 Å². The SMILES string of the molecule is CCC/C=C/C/C=C/C/C=C/C/C=C/CCCCCC(=O)OC[C@H](COP(=O)(O)O)OC(=O)CC/C=C/C/C=C/C/C=C/C/C=C/C/C=C/CCCCC. The van der Waals surface area contributed by atoms with Crippen LogP contribution in [-0.4, -0.2) is 41.0 Å². The van der Waals surface area contributed by atoms with Gasteiger partial charge < -0.3 is 19.3 Å². The summed E-state index contributed by atoms with van der Waals surface area (Å²) in [7, 11) is -4.79. The lowest BCUT2D eigenvalue weighted by Gasteiger charge is -2.18. The normalized spacial score (nSPS) is 13.6. The van der Waals surface area contributed by atoms with Gasteiger partial charge in [-0.2, -0.15) is 0 Å². The van der Waals surface area contributed by atoms with Crippen molar-refractivity contribution in [2.45, 2.75) is 148 Å². The van der Waals surface area contributed by atoms with Gasteiger partial charge in [0.1, 0.15) is 6.61 Å². The summed E-state index contributed by atoms with van der Waals surface area (Å²) in [4.78, 5) is 42.8. The number of ether oxygens (including phenoxy) is 2. The molecule has 0 aromatic heterocycles. The molecule has 0 spiro atoms. The van der Waals surface area contributed by atoms with Gasteiger partial charge in [0, 0.05) is 12.8 Å². The molecule has 0 heterocycles. The summed E-state index contributed by atoms with van der Waals surface area (Å²) >= 11 is 0. The molecular weight excluding hydrogens is 699 g/mol. The highest BCUT2D eigenvalue weighted by molar-refractivity contribution is 7.46. The Hall–Kier alpha value is -3.29. The largest absolute Gasteiger partial charge is 0.469 e. The molecule has 0 rings (SSSR count). The molecule has 304 valence electrons. The maximum Gasteiger partial charge on any atom is 0.469 e. The topological polar surface area (TPSA) is 119 Å². The van der Waals surface area contributed by atoms with Crippen molar-refractivity contribution in [3.05, 3.63) is 109 Å². The quantitative estimate of drug-likeness (QED) is 0.0283.